The maximum Gasteiger partial charge on any atom is 0.234 e. The van der Waals surface area contributed by atoms with E-state index in [0.717, 1.165) is 28.2 Å². The van der Waals surface area contributed by atoms with Crippen molar-refractivity contribution in [3.05, 3.63) is 83.2 Å². The monoisotopic (exact) mass is 434 g/mol. The van der Waals surface area contributed by atoms with Crippen molar-refractivity contribution in [3.63, 3.8) is 0 Å². The summed E-state index contributed by atoms with van der Waals surface area (Å²) < 4.78 is 1.84. The van der Waals surface area contributed by atoms with Crippen molar-refractivity contribution >= 4 is 11.7 Å². The number of nitrogens with one attached hydrogen (secondary N) is 1. The first-order valence-corrected chi connectivity index (χ1v) is 10.5. The van der Waals surface area contributed by atoms with E-state index in [1.54, 1.807) is 0 Å². The number of carbonyl (C=O) groups excluding carboxylic acids is 2. The Kier molecular flexibility index (Phi) is 8.49. The lowest BCUT2D eigenvalue weighted by Gasteiger charge is -2.14. The zero-order chi connectivity index (χ0) is 22.4. The second-order valence-corrected chi connectivity index (χ2v) is 8.71. The van der Waals surface area contributed by atoms with Gasteiger partial charge in [-0.15, -0.1) is 0 Å². The van der Waals surface area contributed by atoms with Crippen LogP contribution in [-0.4, -0.2) is 28.0 Å². The van der Waals surface area contributed by atoms with Gasteiger partial charge >= 0.3 is 0 Å². The van der Waals surface area contributed by atoms with Crippen molar-refractivity contribution in [2.45, 2.75) is 53.0 Å². The van der Waals surface area contributed by atoms with Gasteiger partial charge in [0, 0.05) is 24.8 Å². The Morgan fingerprint density at radius 3 is 2.31 bits per heavy atom. The van der Waals surface area contributed by atoms with Gasteiger partial charge in [0.15, 0.2) is 0 Å². The van der Waals surface area contributed by atoms with Gasteiger partial charge in [0.05, 0.1) is 23.6 Å². The van der Waals surface area contributed by atoms with Gasteiger partial charge in [-0.3, -0.25) is 9.59 Å². The highest BCUT2D eigenvalue weighted by Crippen LogP contribution is 2.24. The lowest BCUT2D eigenvalue weighted by molar-refractivity contribution is -0.120. The molecule has 3 N–H and O–H groups in total. The minimum Gasteiger partial charge on any atom is -0.351 e. The van der Waals surface area contributed by atoms with Crippen LogP contribution in [0.1, 0.15) is 50.7 Å². The van der Waals surface area contributed by atoms with E-state index in [4.69, 9.17) is 10.8 Å². The number of carbonyl (C=O) groups is 2. The van der Waals surface area contributed by atoms with Gasteiger partial charge in [0.2, 0.25) is 5.91 Å². The lowest BCUT2D eigenvalue weighted by atomic mass is 9.92. The molecular weight excluding hydrogens is 400 g/mol. The van der Waals surface area contributed by atoms with Crippen molar-refractivity contribution in [1.29, 1.82) is 0 Å². The van der Waals surface area contributed by atoms with Crippen LogP contribution in [0, 0.1) is 0 Å². The van der Waals surface area contributed by atoms with E-state index in [2.05, 4.69) is 26.1 Å². The zero-order valence-electron chi connectivity index (χ0n) is 18.4. The first kappa shape index (κ1) is 25.0. The number of hydrogen-bond acceptors (Lipinski definition) is 4. The summed E-state index contributed by atoms with van der Waals surface area (Å²) in [6, 6.07) is 19.6. The third-order valence-corrected chi connectivity index (χ3v) is 5.00. The molecular formula is C26H34N4O2. The molecule has 0 aliphatic carbocycles. The summed E-state index contributed by atoms with van der Waals surface area (Å²) >= 11 is 0. The van der Waals surface area contributed by atoms with Gasteiger partial charge in [-0.05, 0) is 29.3 Å². The minimum atomic E-state index is -0.202. The van der Waals surface area contributed by atoms with Gasteiger partial charge < -0.3 is 11.1 Å². The average Bonchev–Trinajstić information content (AvgIpc) is 3.17. The number of nitrogens with zero attached hydrogens (tertiary/aromatic N) is 2. The van der Waals surface area contributed by atoms with E-state index in [1.807, 2.05) is 65.3 Å². The molecule has 1 heterocycles. The van der Waals surface area contributed by atoms with Gasteiger partial charge in [0.25, 0.3) is 0 Å². The van der Waals surface area contributed by atoms with E-state index < -0.39 is 0 Å². The molecule has 3 aromatic rings. The zero-order valence-corrected chi connectivity index (χ0v) is 18.4. The summed E-state index contributed by atoms with van der Waals surface area (Å²) in [6.07, 6.45) is 0.689. The van der Waals surface area contributed by atoms with Gasteiger partial charge in [-0.25, -0.2) is 4.68 Å². The summed E-state index contributed by atoms with van der Waals surface area (Å²) in [7, 11) is 0. The Hall–Kier alpha value is -3.25. The average molecular weight is 435 g/mol. The second-order valence-electron chi connectivity index (χ2n) is 8.71. The van der Waals surface area contributed by atoms with Crippen LogP contribution < -0.4 is 11.1 Å². The lowest BCUT2D eigenvalue weighted by Crippen LogP contribution is -2.29. The molecule has 0 saturated carbocycles. The molecule has 0 bridgehead atoms. The molecule has 6 heteroatoms. The number of amides is 1. The molecule has 1 aromatic heterocycles. The molecule has 170 valence electrons. The summed E-state index contributed by atoms with van der Waals surface area (Å²) in [5.41, 5.74) is 9.81. The molecule has 32 heavy (non-hydrogen) atoms. The van der Waals surface area contributed by atoms with Crippen LogP contribution in [-0.2, 0) is 34.4 Å². The Morgan fingerprint density at radius 1 is 0.969 bits per heavy atom. The number of hydrogen-bond donors (Lipinski definition) is 2. The summed E-state index contributed by atoms with van der Waals surface area (Å²) in [6.45, 7) is 6.66. The number of rotatable bonds is 8. The Bertz CT molecular complexity index is 1050. The molecule has 1 amide bonds. The number of ketones is 1. The third-order valence-electron chi connectivity index (χ3n) is 5.00. The van der Waals surface area contributed by atoms with E-state index in [1.165, 1.54) is 0 Å². The predicted molar refractivity (Wildman–Crippen MR) is 129 cm³/mol. The molecule has 3 rings (SSSR count). The Morgan fingerprint density at radius 2 is 1.66 bits per heavy atom. The highest BCUT2D eigenvalue weighted by atomic mass is 16.1. The maximum atomic E-state index is 12.8. The largest absolute Gasteiger partial charge is 0.351 e. The van der Waals surface area contributed by atoms with Crippen LogP contribution in [0.15, 0.2) is 60.7 Å². The van der Waals surface area contributed by atoms with Crippen molar-refractivity contribution in [2.24, 2.45) is 5.73 Å². The molecule has 0 saturated heterocycles. The first-order valence-electron chi connectivity index (χ1n) is 10.5. The van der Waals surface area contributed by atoms with Gasteiger partial charge in [0.1, 0.15) is 5.78 Å². The highest BCUT2D eigenvalue weighted by Gasteiger charge is 2.22. The van der Waals surface area contributed by atoms with Gasteiger partial charge in [-0.2, -0.15) is 5.10 Å². The molecule has 0 radical (unpaired) electrons. The van der Waals surface area contributed by atoms with E-state index in [0.29, 0.717) is 19.4 Å². The molecule has 6 nitrogen and oxygen atoms in total. The van der Waals surface area contributed by atoms with Crippen molar-refractivity contribution in [1.82, 2.24) is 15.1 Å². The van der Waals surface area contributed by atoms with Crippen LogP contribution in [0.5, 0.6) is 0 Å². The molecule has 0 aliphatic heterocycles. The SMILES string of the molecule is C.CC(C)(C)c1cc(CC(=O)Cc2ccccc2)n(-c2cccc(CNC(=O)CN)c2)n1. The third kappa shape index (κ3) is 6.62. The Labute approximate surface area is 190 Å². The summed E-state index contributed by atoms with van der Waals surface area (Å²) in [5, 5.41) is 7.60. The van der Waals surface area contributed by atoms with Crippen LogP contribution in [0.4, 0.5) is 0 Å². The molecule has 0 atom stereocenters. The second kappa shape index (κ2) is 10.9. The van der Waals surface area contributed by atoms with Crippen LogP contribution in [0.3, 0.4) is 0 Å². The standard InChI is InChI=1S/C25H30N4O2.CH4/c1-25(2,3)23-15-21(14-22(30)13-18-8-5-4-6-9-18)29(28-23)20-11-7-10-19(12-20)17-27-24(31)16-26;/h4-12,15H,13-14,16-17,26H2,1-3H3,(H,27,31);1H4. The fourth-order valence-electron chi connectivity index (χ4n) is 3.29. The molecule has 0 unspecified atom stereocenters. The Balaban J connectivity index is 0.00000363. The smallest absolute Gasteiger partial charge is 0.234 e. The van der Waals surface area contributed by atoms with Crippen molar-refractivity contribution in [2.75, 3.05) is 6.54 Å². The van der Waals surface area contributed by atoms with Crippen LogP contribution >= 0.6 is 0 Å². The van der Waals surface area contributed by atoms with E-state index in [9.17, 15) is 9.59 Å². The number of aromatic nitrogens is 2. The maximum absolute atomic E-state index is 12.8. The molecule has 0 fully saturated rings. The summed E-state index contributed by atoms with van der Waals surface area (Å²) in [5.74, 6) is -0.0640. The van der Waals surface area contributed by atoms with Gasteiger partial charge in [-0.1, -0.05) is 70.7 Å². The number of nitrogens with two attached hydrogens (primary N) is 1. The number of benzene rings is 2. The molecule has 0 aliphatic rings. The molecule has 0 spiro atoms. The fourth-order valence-corrected chi connectivity index (χ4v) is 3.29. The quantitative estimate of drug-likeness (QED) is 0.565. The highest BCUT2D eigenvalue weighted by molar-refractivity contribution is 5.83. The topological polar surface area (TPSA) is 90.0 Å². The number of Topliss-reactive ketones (excluding diaryl/α,β-unsaturated/α-hetero) is 1. The fraction of sp³-hybridized carbons (Fsp3) is 0.346. The molecule has 2 aromatic carbocycles. The van der Waals surface area contributed by atoms with E-state index in [-0.39, 0.29) is 31.1 Å². The van der Waals surface area contributed by atoms with E-state index >= 15 is 0 Å². The summed E-state index contributed by atoms with van der Waals surface area (Å²) in [4.78, 5) is 24.3. The van der Waals surface area contributed by atoms with Crippen molar-refractivity contribution in [3.8, 4) is 5.69 Å². The van der Waals surface area contributed by atoms with Crippen LogP contribution in [0.2, 0.25) is 0 Å². The van der Waals surface area contributed by atoms with Crippen LogP contribution in [0.25, 0.3) is 5.69 Å². The predicted octanol–water partition coefficient (Wildman–Crippen LogP) is 3.74. The minimum absolute atomic E-state index is 0. The van der Waals surface area contributed by atoms with Crippen molar-refractivity contribution < 1.29 is 9.59 Å². The normalized spacial score (nSPS) is 11.0. The first-order chi connectivity index (χ1) is 14.8.